The molecule has 106 valence electrons. The number of nitrogens with zero attached hydrogens (tertiary/aromatic N) is 3. The number of hydrogen-bond acceptors (Lipinski definition) is 4. The Morgan fingerprint density at radius 1 is 1.15 bits per heavy atom. The van der Waals surface area contributed by atoms with Crippen LogP contribution < -0.4 is 5.73 Å². The number of rotatable bonds is 6. The molecule has 0 saturated carbocycles. The molecule has 20 heavy (non-hydrogen) atoms. The summed E-state index contributed by atoms with van der Waals surface area (Å²) >= 11 is 0. The van der Waals surface area contributed by atoms with Gasteiger partial charge in [-0.05, 0) is 37.7 Å². The van der Waals surface area contributed by atoms with Gasteiger partial charge in [0.25, 0.3) is 0 Å². The molecule has 0 atom stereocenters. The smallest absolute Gasteiger partial charge is 0.0547 e. The van der Waals surface area contributed by atoms with Crippen LogP contribution in [0.2, 0.25) is 0 Å². The molecule has 0 bridgehead atoms. The van der Waals surface area contributed by atoms with Crippen molar-refractivity contribution >= 4 is 5.69 Å². The lowest BCUT2D eigenvalue weighted by Gasteiger charge is -2.19. The predicted molar refractivity (Wildman–Crippen MR) is 82.3 cm³/mol. The van der Waals surface area contributed by atoms with E-state index in [0.29, 0.717) is 5.69 Å². The van der Waals surface area contributed by atoms with Crippen molar-refractivity contribution in [1.29, 1.82) is 0 Å². The molecule has 0 aromatic carbocycles. The van der Waals surface area contributed by atoms with Crippen molar-refractivity contribution in [3.63, 3.8) is 0 Å². The summed E-state index contributed by atoms with van der Waals surface area (Å²) in [6, 6.07) is 10.1. The topological polar surface area (TPSA) is 55.0 Å². The summed E-state index contributed by atoms with van der Waals surface area (Å²) in [5, 5.41) is 0. The third kappa shape index (κ3) is 4.31. The molecule has 4 nitrogen and oxygen atoms in total. The average molecular weight is 270 g/mol. The Morgan fingerprint density at radius 2 is 2.00 bits per heavy atom. The van der Waals surface area contributed by atoms with Crippen molar-refractivity contribution in [3.05, 3.63) is 53.6 Å². The highest BCUT2D eigenvalue weighted by Gasteiger charge is 2.06. The monoisotopic (exact) mass is 270 g/mol. The molecule has 2 N–H and O–H groups in total. The standard InChI is InChI=1S/C16H22N4/c1-3-20(12-16-6-4-5-13(2)19-16)10-9-15-8-7-14(17)11-18-15/h4-8,11H,3,9-10,12,17H2,1-2H3. The van der Waals surface area contributed by atoms with Gasteiger partial charge in [0.15, 0.2) is 0 Å². The van der Waals surface area contributed by atoms with E-state index < -0.39 is 0 Å². The Hall–Kier alpha value is -1.94. The Balaban J connectivity index is 1.90. The zero-order valence-corrected chi connectivity index (χ0v) is 12.2. The van der Waals surface area contributed by atoms with E-state index in [-0.39, 0.29) is 0 Å². The molecule has 0 unspecified atom stereocenters. The van der Waals surface area contributed by atoms with Crippen LogP contribution in [0.3, 0.4) is 0 Å². The minimum absolute atomic E-state index is 0.713. The number of anilines is 1. The molecule has 0 saturated heterocycles. The van der Waals surface area contributed by atoms with Gasteiger partial charge in [-0.25, -0.2) is 0 Å². The summed E-state index contributed by atoms with van der Waals surface area (Å²) in [7, 11) is 0. The van der Waals surface area contributed by atoms with Crippen molar-refractivity contribution < 1.29 is 0 Å². The molecular formula is C16H22N4. The van der Waals surface area contributed by atoms with Crippen molar-refractivity contribution in [3.8, 4) is 0 Å². The Bertz CT molecular complexity index is 536. The van der Waals surface area contributed by atoms with Crippen LogP contribution in [0.25, 0.3) is 0 Å². The second kappa shape index (κ2) is 7.01. The largest absolute Gasteiger partial charge is 0.397 e. The summed E-state index contributed by atoms with van der Waals surface area (Å²) in [5.74, 6) is 0. The summed E-state index contributed by atoms with van der Waals surface area (Å²) in [6.45, 7) is 7.06. The van der Waals surface area contributed by atoms with Crippen LogP contribution in [0, 0.1) is 6.92 Å². The van der Waals surface area contributed by atoms with E-state index in [1.54, 1.807) is 6.20 Å². The van der Waals surface area contributed by atoms with Crippen LogP contribution in [0.5, 0.6) is 0 Å². The molecular weight excluding hydrogens is 248 g/mol. The van der Waals surface area contributed by atoms with Gasteiger partial charge in [-0.2, -0.15) is 0 Å². The normalized spacial score (nSPS) is 10.9. The first-order chi connectivity index (χ1) is 9.67. The molecule has 4 heteroatoms. The fourth-order valence-corrected chi connectivity index (χ4v) is 2.12. The fourth-order valence-electron chi connectivity index (χ4n) is 2.12. The number of aryl methyl sites for hydroxylation is 1. The third-order valence-electron chi connectivity index (χ3n) is 3.31. The average Bonchev–Trinajstić information content (AvgIpc) is 2.45. The van der Waals surface area contributed by atoms with Gasteiger partial charge in [-0.3, -0.25) is 14.9 Å². The van der Waals surface area contributed by atoms with Gasteiger partial charge in [0.1, 0.15) is 0 Å². The maximum atomic E-state index is 5.64. The van der Waals surface area contributed by atoms with E-state index in [9.17, 15) is 0 Å². The van der Waals surface area contributed by atoms with Crippen LogP contribution in [-0.4, -0.2) is 28.0 Å². The molecule has 2 rings (SSSR count). The van der Waals surface area contributed by atoms with Gasteiger partial charge in [0.2, 0.25) is 0 Å². The van der Waals surface area contributed by atoms with E-state index >= 15 is 0 Å². The number of aromatic nitrogens is 2. The first-order valence-corrected chi connectivity index (χ1v) is 7.02. The molecule has 0 aliphatic heterocycles. The van der Waals surface area contributed by atoms with E-state index in [4.69, 9.17) is 5.73 Å². The second-order valence-corrected chi connectivity index (χ2v) is 4.97. The van der Waals surface area contributed by atoms with Crippen LogP contribution in [0.15, 0.2) is 36.5 Å². The molecule has 0 aliphatic rings. The predicted octanol–water partition coefficient (Wildman–Crippen LogP) is 2.43. The van der Waals surface area contributed by atoms with E-state index in [1.165, 1.54) is 0 Å². The highest BCUT2D eigenvalue weighted by Crippen LogP contribution is 2.06. The SMILES string of the molecule is CCN(CCc1ccc(N)cn1)Cc1cccc(C)n1. The van der Waals surface area contributed by atoms with E-state index in [0.717, 1.165) is 43.1 Å². The number of likely N-dealkylation sites (N-methyl/N-ethyl adjacent to an activating group) is 1. The zero-order valence-electron chi connectivity index (χ0n) is 12.2. The lowest BCUT2D eigenvalue weighted by atomic mass is 10.2. The number of pyridine rings is 2. The molecule has 2 aromatic heterocycles. The molecule has 0 aliphatic carbocycles. The Morgan fingerprint density at radius 3 is 2.65 bits per heavy atom. The van der Waals surface area contributed by atoms with Gasteiger partial charge in [0.05, 0.1) is 17.6 Å². The van der Waals surface area contributed by atoms with E-state index in [2.05, 4.69) is 33.9 Å². The Kier molecular flexibility index (Phi) is 5.07. The molecule has 0 spiro atoms. The first kappa shape index (κ1) is 14.5. The molecule has 2 aromatic rings. The van der Waals surface area contributed by atoms with Crippen molar-refractivity contribution in [2.45, 2.75) is 26.8 Å². The van der Waals surface area contributed by atoms with Crippen molar-refractivity contribution in [2.24, 2.45) is 0 Å². The lowest BCUT2D eigenvalue weighted by Crippen LogP contribution is -2.26. The first-order valence-electron chi connectivity index (χ1n) is 7.02. The summed E-state index contributed by atoms with van der Waals surface area (Å²) in [4.78, 5) is 11.3. The van der Waals surface area contributed by atoms with Crippen LogP contribution in [-0.2, 0) is 13.0 Å². The second-order valence-electron chi connectivity index (χ2n) is 4.97. The highest BCUT2D eigenvalue weighted by atomic mass is 15.1. The summed E-state index contributed by atoms with van der Waals surface area (Å²) in [6.07, 6.45) is 2.65. The minimum atomic E-state index is 0.713. The highest BCUT2D eigenvalue weighted by molar-refractivity contribution is 5.34. The number of hydrogen-bond donors (Lipinski definition) is 1. The van der Waals surface area contributed by atoms with Crippen LogP contribution in [0.4, 0.5) is 5.69 Å². The molecule has 2 heterocycles. The molecule has 0 amide bonds. The quantitative estimate of drug-likeness (QED) is 0.876. The van der Waals surface area contributed by atoms with Gasteiger partial charge in [0, 0.05) is 30.9 Å². The number of nitrogen functional groups attached to an aromatic ring is 1. The van der Waals surface area contributed by atoms with Crippen LogP contribution >= 0.6 is 0 Å². The van der Waals surface area contributed by atoms with Crippen molar-refractivity contribution in [1.82, 2.24) is 14.9 Å². The van der Waals surface area contributed by atoms with Gasteiger partial charge >= 0.3 is 0 Å². The lowest BCUT2D eigenvalue weighted by molar-refractivity contribution is 0.279. The minimum Gasteiger partial charge on any atom is -0.397 e. The summed E-state index contributed by atoms with van der Waals surface area (Å²) < 4.78 is 0. The van der Waals surface area contributed by atoms with Gasteiger partial charge < -0.3 is 5.73 Å². The number of nitrogens with two attached hydrogens (primary N) is 1. The fraction of sp³-hybridized carbons (Fsp3) is 0.375. The molecule has 0 radical (unpaired) electrons. The maximum absolute atomic E-state index is 5.64. The van der Waals surface area contributed by atoms with E-state index in [1.807, 2.05) is 25.1 Å². The maximum Gasteiger partial charge on any atom is 0.0547 e. The van der Waals surface area contributed by atoms with Gasteiger partial charge in [-0.1, -0.05) is 13.0 Å². The Labute approximate surface area is 120 Å². The molecule has 0 fully saturated rings. The van der Waals surface area contributed by atoms with Crippen LogP contribution in [0.1, 0.15) is 24.0 Å². The van der Waals surface area contributed by atoms with Crippen molar-refractivity contribution in [2.75, 3.05) is 18.8 Å². The zero-order chi connectivity index (χ0) is 14.4. The third-order valence-corrected chi connectivity index (χ3v) is 3.31. The van der Waals surface area contributed by atoms with Gasteiger partial charge in [-0.15, -0.1) is 0 Å². The summed E-state index contributed by atoms with van der Waals surface area (Å²) in [5.41, 5.74) is 9.63.